The van der Waals surface area contributed by atoms with Crippen molar-refractivity contribution >= 4 is 5.95 Å². The molecule has 7 heteroatoms. The minimum absolute atomic E-state index is 0.256. The lowest BCUT2D eigenvalue weighted by Gasteiger charge is -2.13. The fourth-order valence-electron chi connectivity index (χ4n) is 1.49. The number of nitrogens with zero attached hydrogens (tertiary/aromatic N) is 2. The second kappa shape index (κ2) is 5.87. The summed E-state index contributed by atoms with van der Waals surface area (Å²) < 4.78 is 16.1. The molecule has 7 nitrogen and oxygen atoms in total. The predicted octanol–water partition coefficient (Wildman–Crippen LogP) is 1.57. The van der Waals surface area contributed by atoms with Gasteiger partial charge in [-0.3, -0.25) is 5.43 Å². The monoisotopic (exact) mass is 262 g/mol. The summed E-state index contributed by atoms with van der Waals surface area (Å²) in [6.45, 7) is 0. The summed E-state index contributed by atoms with van der Waals surface area (Å²) in [5.74, 6) is 7.35. The average Bonchev–Trinajstić information content (AvgIpc) is 2.47. The van der Waals surface area contributed by atoms with Crippen molar-refractivity contribution in [1.29, 1.82) is 0 Å². The Morgan fingerprint density at radius 2 is 1.79 bits per heavy atom. The van der Waals surface area contributed by atoms with Crippen molar-refractivity contribution < 1.29 is 14.2 Å². The Hall–Kier alpha value is -2.54. The van der Waals surface area contributed by atoms with E-state index in [4.69, 9.17) is 20.1 Å². The van der Waals surface area contributed by atoms with Crippen LogP contribution in [-0.4, -0.2) is 24.2 Å². The Bertz CT molecular complexity index is 540. The van der Waals surface area contributed by atoms with Crippen LogP contribution in [0.5, 0.6) is 23.1 Å². The zero-order valence-electron chi connectivity index (χ0n) is 10.6. The zero-order valence-corrected chi connectivity index (χ0v) is 10.6. The van der Waals surface area contributed by atoms with E-state index in [0.717, 1.165) is 0 Å². The van der Waals surface area contributed by atoms with Crippen molar-refractivity contribution in [3.63, 3.8) is 0 Å². The quantitative estimate of drug-likeness (QED) is 0.624. The molecule has 0 unspecified atom stereocenters. The number of hydrogen-bond acceptors (Lipinski definition) is 7. The molecule has 0 aliphatic heterocycles. The van der Waals surface area contributed by atoms with Gasteiger partial charge in [-0.1, -0.05) is 6.07 Å². The van der Waals surface area contributed by atoms with Gasteiger partial charge in [0, 0.05) is 12.3 Å². The molecule has 100 valence electrons. The van der Waals surface area contributed by atoms with Gasteiger partial charge in [-0.15, -0.1) is 0 Å². The number of rotatable bonds is 5. The summed E-state index contributed by atoms with van der Waals surface area (Å²) in [7, 11) is 3.10. The topological polar surface area (TPSA) is 91.5 Å². The van der Waals surface area contributed by atoms with Crippen molar-refractivity contribution in [2.75, 3.05) is 19.6 Å². The van der Waals surface area contributed by atoms with E-state index in [1.165, 1.54) is 6.20 Å². The van der Waals surface area contributed by atoms with E-state index in [9.17, 15) is 0 Å². The Balaban J connectivity index is 2.36. The third-order valence-electron chi connectivity index (χ3n) is 2.35. The molecule has 19 heavy (non-hydrogen) atoms. The van der Waals surface area contributed by atoms with Crippen molar-refractivity contribution in [1.82, 2.24) is 9.97 Å². The van der Waals surface area contributed by atoms with Crippen LogP contribution < -0.4 is 25.5 Å². The number of hydrogen-bond donors (Lipinski definition) is 2. The maximum Gasteiger partial charge on any atom is 0.240 e. The molecule has 0 aliphatic rings. The summed E-state index contributed by atoms with van der Waals surface area (Å²) >= 11 is 0. The van der Waals surface area contributed by atoms with Gasteiger partial charge in [-0.2, -0.15) is 4.98 Å². The lowest BCUT2D eigenvalue weighted by Crippen LogP contribution is -2.10. The van der Waals surface area contributed by atoms with E-state index < -0.39 is 0 Å². The van der Waals surface area contributed by atoms with Crippen LogP contribution in [0.1, 0.15) is 0 Å². The molecule has 0 radical (unpaired) electrons. The first-order valence-electron chi connectivity index (χ1n) is 5.47. The number of methoxy groups -OCH3 is 2. The number of nitrogens with one attached hydrogen (secondary N) is 1. The van der Waals surface area contributed by atoms with Gasteiger partial charge in [-0.05, 0) is 12.1 Å². The Morgan fingerprint density at radius 1 is 1.11 bits per heavy atom. The first-order valence-corrected chi connectivity index (χ1v) is 5.47. The first kappa shape index (κ1) is 12.9. The normalized spacial score (nSPS) is 9.84. The molecule has 2 aromatic rings. The van der Waals surface area contributed by atoms with Crippen LogP contribution in [0.2, 0.25) is 0 Å². The Morgan fingerprint density at radius 3 is 2.37 bits per heavy atom. The van der Waals surface area contributed by atoms with E-state index in [2.05, 4.69) is 15.4 Å². The van der Waals surface area contributed by atoms with Gasteiger partial charge >= 0.3 is 0 Å². The maximum absolute atomic E-state index is 5.67. The molecule has 0 aliphatic carbocycles. The number of anilines is 1. The summed E-state index contributed by atoms with van der Waals surface area (Å²) in [4.78, 5) is 7.95. The highest BCUT2D eigenvalue weighted by molar-refractivity contribution is 5.52. The van der Waals surface area contributed by atoms with Crippen LogP contribution in [-0.2, 0) is 0 Å². The van der Waals surface area contributed by atoms with E-state index in [-0.39, 0.29) is 5.95 Å². The molecular weight excluding hydrogens is 248 g/mol. The van der Waals surface area contributed by atoms with Crippen LogP contribution in [0.4, 0.5) is 5.95 Å². The fourth-order valence-corrected chi connectivity index (χ4v) is 1.49. The van der Waals surface area contributed by atoms with E-state index in [0.29, 0.717) is 23.1 Å². The van der Waals surface area contributed by atoms with Gasteiger partial charge in [0.1, 0.15) is 0 Å². The SMILES string of the molecule is COc1cccc(OC)c1Oc1ccnc(NN)n1. The third kappa shape index (κ3) is 2.83. The third-order valence-corrected chi connectivity index (χ3v) is 2.35. The summed E-state index contributed by atoms with van der Waals surface area (Å²) in [5, 5.41) is 0. The zero-order chi connectivity index (χ0) is 13.7. The van der Waals surface area contributed by atoms with Gasteiger partial charge in [0.2, 0.25) is 17.6 Å². The molecule has 1 heterocycles. The van der Waals surface area contributed by atoms with E-state index >= 15 is 0 Å². The molecule has 2 rings (SSSR count). The van der Waals surface area contributed by atoms with Gasteiger partial charge in [-0.25, -0.2) is 10.8 Å². The van der Waals surface area contributed by atoms with Gasteiger partial charge in [0.15, 0.2) is 11.5 Å². The molecule has 3 N–H and O–H groups in total. The van der Waals surface area contributed by atoms with Crippen LogP contribution in [0.3, 0.4) is 0 Å². The van der Waals surface area contributed by atoms with Crippen molar-refractivity contribution in [3.05, 3.63) is 30.5 Å². The summed E-state index contributed by atoms with van der Waals surface area (Å²) in [5.41, 5.74) is 2.35. The number of nitrogens with two attached hydrogens (primary N) is 1. The van der Waals surface area contributed by atoms with Crippen molar-refractivity contribution in [2.24, 2.45) is 5.84 Å². The van der Waals surface area contributed by atoms with Crippen LogP contribution in [0, 0.1) is 0 Å². The van der Waals surface area contributed by atoms with E-state index in [1.54, 1.807) is 38.5 Å². The lowest BCUT2D eigenvalue weighted by atomic mass is 10.3. The number of aromatic nitrogens is 2. The Kier molecular flexibility index (Phi) is 3.99. The number of para-hydroxylation sites is 1. The first-order chi connectivity index (χ1) is 9.28. The Labute approximate surface area is 110 Å². The minimum Gasteiger partial charge on any atom is -0.493 e. The smallest absolute Gasteiger partial charge is 0.240 e. The minimum atomic E-state index is 0.256. The predicted molar refractivity (Wildman–Crippen MR) is 69.5 cm³/mol. The molecule has 0 atom stereocenters. The summed E-state index contributed by atoms with van der Waals surface area (Å²) in [6, 6.07) is 6.94. The van der Waals surface area contributed by atoms with Crippen LogP contribution >= 0.6 is 0 Å². The van der Waals surface area contributed by atoms with Crippen LogP contribution in [0.15, 0.2) is 30.5 Å². The maximum atomic E-state index is 5.67. The summed E-state index contributed by atoms with van der Waals surface area (Å²) in [6.07, 6.45) is 1.53. The second-order valence-corrected chi connectivity index (χ2v) is 3.46. The number of nitrogen functional groups attached to an aromatic ring is 1. The number of hydrazine groups is 1. The number of ether oxygens (including phenoxy) is 3. The van der Waals surface area contributed by atoms with Gasteiger partial charge < -0.3 is 14.2 Å². The lowest BCUT2D eigenvalue weighted by molar-refractivity contribution is 0.342. The molecule has 0 fully saturated rings. The van der Waals surface area contributed by atoms with Crippen LogP contribution in [0.25, 0.3) is 0 Å². The highest BCUT2D eigenvalue weighted by Crippen LogP contribution is 2.39. The molecule has 0 saturated carbocycles. The highest BCUT2D eigenvalue weighted by Gasteiger charge is 2.13. The molecular formula is C12H14N4O3. The molecule has 1 aromatic heterocycles. The van der Waals surface area contributed by atoms with Crippen molar-refractivity contribution in [2.45, 2.75) is 0 Å². The van der Waals surface area contributed by atoms with E-state index in [1.807, 2.05) is 0 Å². The molecule has 1 aromatic carbocycles. The standard InChI is InChI=1S/C12H14N4O3/c1-17-8-4-3-5-9(18-2)11(8)19-10-6-7-14-12(15-10)16-13/h3-7H,13H2,1-2H3,(H,14,15,16). The van der Waals surface area contributed by atoms with Crippen molar-refractivity contribution in [3.8, 4) is 23.1 Å². The largest absolute Gasteiger partial charge is 0.493 e. The van der Waals surface area contributed by atoms with Gasteiger partial charge in [0.05, 0.1) is 14.2 Å². The molecule has 0 amide bonds. The molecule has 0 spiro atoms. The average molecular weight is 262 g/mol. The molecule has 0 saturated heterocycles. The fraction of sp³-hybridized carbons (Fsp3) is 0.167. The second-order valence-electron chi connectivity index (χ2n) is 3.46. The molecule has 0 bridgehead atoms. The number of benzene rings is 1. The highest BCUT2D eigenvalue weighted by atomic mass is 16.5. The van der Waals surface area contributed by atoms with Gasteiger partial charge in [0.25, 0.3) is 0 Å².